The van der Waals surface area contributed by atoms with Gasteiger partial charge in [0.1, 0.15) is 0 Å². The number of halogens is 1. The van der Waals surface area contributed by atoms with Crippen molar-refractivity contribution >= 4 is 52.2 Å². The molecule has 0 fully saturated rings. The molecule has 4 rings (SSSR count). The fraction of sp³-hybridized carbons (Fsp3) is 0.0909. The number of carboxylic acid groups (broad SMARTS) is 1. The smallest absolute Gasteiger partial charge is 0.338 e. The first kappa shape index (κ1) is 19.6. The monoisotopic (exact) mass is 393 g/mol. The Morgan fingerprint density at radius 2 is 1.93 bits per heavy atom. The highest BCUT2D eigenvalue weighted by Gasteiger charge is 2.18. The molecule has 28 heavy (non-hydrogen) atoms. The van der Waals surface area contributed by atoms with Gasteiger partial charge in [-0.25, -0.2) is 4.79 Å². The number of carboxylic acids is 1. The third-order valence-electron chi connectivity index (χ3n) is 4.58. The minimum absolute atomic E-state index is 0. The van der Waals surface area contributed by atoms with Crippen molar-refractivity contribution in [2.75, 3.05) is 7.05 Å². The Kier molecular flexibility index (Phi) is 5.78. The van der Waals surface area contributed by atoms with E-state index in [2.05, 4.69) is 15.3 Å². The average molecular weight is 394 g/mol. The third kappa shape index (κ3) is 3.63. The Balaban J connectivity index is 0.00000225. The van der Waals surface area contributed by atoms with Crippen LogP contribution >= 0.6 is 12.4 Å². The molecule has 2 heterocycles. The van der Waals surface area contributed by atoms with Gasteiger partial charge in [-0.15, -0.1) is 12.4 Å². The van der Waals surface area contributed by atoms with E-state index < -0.39 is 5.97 Å². The van der Waals surface area contributed by atoms with Gasteiger partial charge >= 0.3 is 5.97 Å². The quantitative estimate of drug-likeness (QED) is 0.458. The molecule has 4 aromatic rings. The lowest BCUT2D eigenvalue weighted by Gasteiger charge is -2.02. The number of aromatic carboxylic acids is 1. The van der Waals surface area contributed by atoms with Crippen molar-refractivity contribution in [3.05, 3.63) is 77.2 Å². The van der Waals surface area contributed by atoms with Crippen LogP contribution in [0.2, 0.25) is 0 Å². The second-order valence-corrected chi connectivity index (χ2v) is 6.38. The summed E-state index contributed by atoms with van der Waals surface area (Å²) in [6.45, 7) is 0.462. The number of hydrogen-bond acceptors (Lipinski definition) is 3. The average Bonchev–Trinajstić information content (AvgIpc) is 3.06. The highest BCUT2D eigenvalue weighted by Crippen LogP contribution is 2.30. The molecule has 0 bridgehead atoms. The van der Waals surface area contributed by atoms with E-state index in [0.29, 0.717) is 23.2 Å². The van der Waals surface area contributed by atoms with Gasteiger partial charge < -0.3 is 15.4 Å². The molecule has 5 nitrogen and oxygen atoms in total. The van der Waals surface area contributed by atoms with Crippen LogP contribution in [0.4, 0.5) is 0 Å². The topological polar surface area (TPSA) is 78.0 Å². The van der Waals surface area contributed by atoms with E-state index in [0.717, 1.165) is 27.5 Å². The zero-order chi connectivity index (χ0) is 18.8. The minimum Gasteiger partial charge on any atom is -0.478 e. The number of hydrogen-bond donors (Lipinski definition) is 3. The molecule has 6 heteroatoms. The molecule has 0 atom stereocenters. The second kappa shape index (κ2) is 8.25. The van der Waals surface area contributed by atoms with Crippen LogP contribution in [-0.2, 0) is 6.54 Å². The van der Waals surface area contributed by atoms with Crippen LogP contribution in [0.5, 0.6) is 0 Å². The van der Waals surface area contributed by atoms with Crippen LogP contribution in [0, 0.1) is 0 Å². The van der Waals surface area contributed by atoms with E-state index in [1.54, 1.807) is 7.05 Å². The SMILES string of the molecule is CNCc1[nH]c2c(ccc3cnc(/C=C/c4ccccc4)cc32)c1C(=O)O.Cl. The lowest BCUT2D eigenvalue weighted by atomic mass is 10.1. The largest absolute Gasteiger partial charge is 0.478 e. The zero-order valence-electron chi connectivity index (χ0n) is 15.3. The van der Waals surface area contributed by atoms with Crippen molar-refractivity contribution in [3.8, 4) is 0 Å². The van der Waals surface area contributed by atoms with E-state index in [4.69, 9.17) is 0 Å². The summed E-state index contributed by atoms with van der Waals surface area (Å²) in [4.78, 5) is 19.6. The van der Waals surface area contributed by atoms with Crippen LogP contribution < -0.4 is 5.32 Å². The van der Waals surface area contributed by atoms with E-state index in [-0.39, 0.29) is 12.4 Å². The standard InChI is InChI=1S/C22H19N3O2.ClH/c1-23-13-19-20(22(26)27)17-10-8-15-12-24-16(11-18(15)21(17)25-19)9-7-14-5-3-2-4-6-14;/h2-12,23,25H,13H2,1H3,(H,26,27);1H/b9-7+;. The maximum Gasteiger partial charge on any atom is 0.338 e. The van der Waals surface area contributed by atoms with Crippen LogP contribution in [-0.4, -0.2) is 28.1 Å². The van der Waals surface area contributed by atoms with Gasteiger partial charge in [-0.3, -0.25) is 4.98 Å². The first-order valence-corrected chi connectivity index (χ1v) is 8.71. The third-order valence-corrected chi connectivity index (χ3v) is 4.58. The maximum atomic E-state index is 11.8. The fourth-order valence-electron chi connectivity index (χ4n) is 3.34. The number of nitrogens with one attached hydrogen (secondary N) is 2. The van der Waals surface area contributed by atoms with Gasteiger partial charge in [-0.05, 0) is 24.8 Å². The summed E-state index contributed by atoms with van der Waals surface area (Å²) in [5.74, 6) is -0.927. The minimum atomic E-state index is -0.927. The molecule has 0 aliphatic heterocycles. The van der Waals surface area contributed by atoms with Crippen molar-refractivity contribution in [2.24, 2.45) is 0 Å². The van der Waals surface area contributed by atoms with E-state index >= 15 is 0 Å². The normalized spacial score (nSPS) is 11.2. The molecular weight excluding hydrogens is 374 g/mol. The summed E-state index contributed by atoms with van der Waals surface area (Å²) >= 11 is 0. The van der Waals surface area contributed by atoms with Gasteiger partial charge in [-0.2, -0.15) is 0 Å². The number of aromatic nitrogens is 2. The van der Waals surface area contributed by atoms with Crippen molar-refractivity contribution < 1.29 is 9.90 Å². The highest BCUT2D eigenvalue weighted by atomic mass is 35.5. The van der Waals surface area contributed by atoms with Crippen LogP contribution in [0.25, 0.3) is 33.8 Å². The molecule has 0 radical (unpaired) electrons. The molecule has 3 N–H and O–H groups in total. The number of nitrogens with zero attached hydrogens (tertiary/aromatic N) is 1. The molecule has 0 saturated heterocycles. The van der Waals surface area contributed by atoms with E-state index in [1.165, 1.54) is 0 Å². The van der Waals surface area contributed by atoms with Crippen LogP contribution in [0.1, 0.15) is 27.3 Å². The Hall–Kier alpha value is -3.15. The molecule has 0 unspecified atom stereocenters. The summed E-state index contributed by atoms with van der Waals surface area (Å²) in [6.07, 6.45) is 5.79. The first-order valence-electron chi connectivity index (χ1n) is 8.71. The molecule has 142 valence electrons. The first-order chi connectivity index (χ1) is 13.2. The summed E-state index contributed by atoms with van der Waals surface area (Å²) in [5, 5.41) is 15.3. The number of rotatable bonds is 5. The van der Waals surface area contributed by atoms with Crippen molar-refractivity contribution in [1.29, 1.82) is 0 Å². The summed E-state index contributed by atoms with van der Waals surface area (Å²) in [7, 11) is 1.80. The number of aromatic amines is 1. The van der Waals surface area contributed by atoms with E-state index in [1.807, 2.05) is 66.9 Å². The van der Waals surface area contributed by atoms with Gasteiger partial charge in [-0.1, -0.05) is 48.5 Å². The van der Waals surface area contributed by atoms with Gasteiger partial charge in [0.05, 0.1) is 16.8 Å². The molecule has 0 aliphatic carbocycles. The number of fused-ring (bicyclic) bond motifs is 3. The summed E-state index contributed by atoms with van der Waals surface area (Å²) in [5.41, 5.74) is 3.74. The molecule has 0 spiro atoms. The van der Waals surface area contributed by atoms with Gasteiger partial charge in [0, 0.05) is 34.6 Å². The summed E-state index contributed by atoms with van der Waals surface area (Å²) in [6, 6.07) is 15.8. The second-order valence-electron chi connectivity index (χ2n) is 6.38. The lowest BCUT2D eigenvalue weighted by Crippen LogP contribution is -2.09. The van der Waals surface area contributed by atoms with Gasteiger partial charge in [0.2, 0.25) is 0 Å². The maximum absolute atomic E-state index is 11.8. The predicted octanol–water partition coefficient (Wildman–Crippen LogP) is 4.73. The lowest BCUT2D eigenvalue weighted by molar-refractivity contribution is 0.0698. The molecule has 0 amide bonds. The molecule has 0 aliphatic rings. The Labute approximate surface area is 168 Å². The number of H-pyrrole nitrogens is 1. The Morgan fingerprint density at radius 1 is 1.14 bits per heavy atom. The molecule has 2 aromatic carbocycles. The molecular formula is C22H20ClN3O2. The fourth-order valence-corrected chi connectivity index (χ4v) is 3.34. The number of benzene rings is 2. The van der Waals surface area contributed by atoms with Gasteiger partial charge in [0.15, 0.2) is 0 Å². The molecule has 2 aromatic heterocycles. The highest BCUT2D eigenvalue weighted by molar-refractivity contribution is 6.13. The number of pyridine rings is 1. The van der Waals surface area contributed by atoms with E-state index in [9.17, 15) is 9.90 Å². The molecule has 0 saturated carbocycles. The van der Waals surface area contributed by atoms with Crippen LogP contribution in [0.15, 0.2) is 54.7 Å². The Bertz CT molecular complexity index is 1170. The van der Waals surface area contributed by atoms with Crippen molar-refractivity contribution in [3.63, 3.8) is 0 Å². The van der Waals surface area contributed by atoms with Gasteiger partial charge in [0.25, 0.3) is 0 Å². The van der Waals surface area contributed by atoms with Crippen molar-refractivity contribution in [1.82, 2.24) is 15.3 Å². The number of carbonyl (C=O) groups is 1. The Morgan fingerprint density at radius 3 is 2.64 bits per heavy atom. The zero-order valence-corrected chi connectivity index (χ0v) is 16.1. The van der Waals surface area contributed by atoms with Crippen molar-refractivity contribution in [2.45, 2.75) is 6.54 Å². The predicted molar refractivity (Wildman–Crippen MR) is 116 cm³/mol. The summed E-state index contributed by atoms with van der Waals surface area (Å²) < 4.78 is 0. The van der Waals surface area contributed by atoms with Crippen LogP contribution in [0.3, 0.4) is 0 Å².